The Morgan fingerprint density at radius 2 is 2.00 bits per heavy atom. The Kier molecular flexibility index (Phi) is 7.99. The zero-order valence-electron chi connectivity index (χ0n) is 10.4. The summed E-state index contributed by atoms with van der Waals surface area (Å²) in [5.74, 6) is 0. The molecule has 0 fully saturated rings. The fraction of sp³-hybridized carbons (Fsp3) is 0.400. The van der Waals surface area contributed by atoms with Gasteiger partial charge in [0.05, 0.1) is 9.95 Å². The van der Waals surface area contributed by atoms with Gasteiger partial charge in [0.2, 0.25) is 10.0 Å². The first-order valence-corrected chi connectivity index (χ1v) is 7.39. The van der Waals surface area contributed by atoms with E-state index in [1.165, 1.54) is 12.1 Å². The maximum Gasteiger partial charge on any atom is 0.290 e. The van der Waals surface area contributed by atoms with Gasteiger partial charge in [-0.2, -0.15) is 0 Å². The molecular weight excluding hydrogens is 329 g/mol. The molecule has 0 unspecified atom stereocenters. The number of hydrogen-bond acceptors (Lipinski definition) is 5. The number of hydrogen-bond donors (Lipinski definition) is 2. The average molecular weight is 344 g/mol. The molecule has 0 spiro atoms. The summed E-state index contributed by atoms with van der Waals surface area (Å²) in [6.07, 6.45) is 1.21. The predicted octanol–water partition coefficient (Wildman–Crippen LogP) is 1.69. The number of nitro groups is 1. The van der Waals surface area contributed by atoms with Gasteiger partial charge in [-0.1, -0.05) is 17.7 Å². The number of nitrogens with one attached hydrogen (secondary N) is 1. The number of nitro benzene ring substituents is 1. The first kappa shape index (κ1) is 19.1. The van der Waals surface area contributed by atoms with Crippen LogP contribution in [0.5, 0.6) is 0 Å². The highest BCUT2D eigenvalue weighted by atomic mass is 35.5. The molecule has 0 saturated heterocycles. The summed E-state index contributed by atoms with van der Waals surface area (Å²) in [4.78, 5) is 9.55. The molecular formula is C10H15Cl2N3O4S. The van der Waals surface area contributed by atoms with Gasteiger partial charge in [0.1, 0.15) is 0 Å². The number of nitrogens with zero attached hydrogens (tertiary/aromatic N) is 1. The summed E-state index contributed by atoms with van der Waals surface area (Å²) in [6, 6.07) is 3.72. The molecule has 0 heterocycles. The van der Waals surface area contributed by atoms with Crippen LogP contribution in [0.4, 0.5) is 5.69 Å². The van der Waals surface area contributed by atoms with Crippen LogP contribution in [0, 0.1) is 10.1 Å². The van der Waals surface area contributed by atoms with Gasteiger partial charge < -0.3 is 5.73 Å². The maximum absolute atomic E-state index is 12.0. The Morgan fingerprint density at radius 3 is 2.55 bits per heavy atom. The topological polar surface area (TPSA) is 115 Å². The highest BCUT2D eigenvalue weighted by molar-refractivity contribution is 7.89. The highest BCUT2D eigenvalue weighted by Crippen LogP contribution is 2.30. The summed E-state index contributed by atoms with van der Waals surface area (Å²) in [5.41, 5.74) is 4.75. The third-order valence-electron chi connectivity index (χ3n) is 2.33. The van der Waals surface area contributed by atoms with E-state index in [-0.39, 0.29) is 24.0 Å². The SMILES string of the molecule is Cl.NCCCCNS(=O)(=O)c1c(Cl)cccc1[N+](=O)[O-]. The Morgan fingerprint density at radius 1 is 1.35 bits per heavy atom. The van der Waals surface area contributed by atoms with Crippen LogP contribution in [-0.2, 0) is 10.0 Å². The zero-order chi connectivity index (χ0) is 14.5. The van der Waals surface area contributed by atoms with Gasteiger partial charge >= 0.3 is 0 Å². The predicted molar refractivity (Wildman–Crippen MR) is 78.8 cm³/mol. The second-order valence-corrected chi connectivity index (χ2v) is 5.85. The van der Waals surface area contributed by atoms with Crippen LogP contribution in [-0.4, -0.2) is 26.4 Å². The highest BCUT2D eigenvalue weighted by Gasteiger charge is 2.28. The monoisotopic (exact) mass is 343 g/mol. The average Bonchev–Trinajstić information content (AvgIpc) is 2.34. The molecule has 20 heavy (non-hydrogen) atoms. The minimum Gasteiger partial charge on any atom is -0.330 e. The van der Waals surface area contributed by atoms with Crippen molar-refractivity contribution >= 4 is 39.7 Å². The van der Waals surface area contributed by atoms with Crippen LogP contribution in [0.3, 0.4) is 0 Å². The van der Waals surface area contributed by atoms with E-state index in [0.29, 0.717) is 19.4 Å². The molecule has 114 valence electrons. The van der Waals surface area contributed by atoms with Gasteiger partial charge in [-0.15, -0.1) is 12.4 Å². The molecule has 1 aromatic carbocycles. The minimum absolute atomic E-state index is 0. The molecule has 7 nitrogen and oxygen atoms in total. The molecule has 10 heteroatoms. The van der Waals surface area contributed by atoms with E-state index in [1.807, 2.05) is 0 Å². The maximum atomic E-state index is 12.0. The second-order valence-electron chi connectivity index (χ2n) is 3.74. The fourth-order valence-electron chi connectivity index (χ4n) is 1.46. The van der Waals surface area contributed by atoms with E-state index in [0.717, 1.165) is 6.07 Å². The van der Waals surface area contributed by atoms with Crippen LogP contribution < -0.4 is 10.5 Å². The molecule has 0 aliphatic rings. The molecule has 3 N–H and O–H groups in total. The number of benzene rings is 1. The largest absolute Gasteiger partial charge is 0.330 e. The number of halogens is 2. The summed E-state index contributed by atoms with van der Waals surface area (Å²) >= 11 is 5.75. The lowest BCUT2D eigenvalue weighted by atomic mass is 10.3. The molecule has 1 aromatic rings. The van der Waals surface area contributed by atoms with Gasteiger partial charge in [-0.25, -0.2) is 13.1 Å². The van der Waals surface area contributed by atoms with E-state index in [1.54, 1.807) is 0 Å². The van der Waals surface area contributed by atoms with Crippen LogP contribution in [0.1, 0.15) is 12.8 Å². The van der Waals surface area contributed by atoms with Crippen molar-refractivity contribution in [2.75, 3.05) is 13.1 Å². The van der Waals surface area contributed by atoms with Crippen LogP contribution in [0.2, 0.25) is 5.02 Å². The summed E-state index contributed by atoms with van der Waals surface area (Å²) in [5, 5.41) is 10.7. The number of sulfonamides is 1. The Bertz CT molecular complexity index is 566. The minimum atomic E-state index is -4.01. The molecule has 1 rings (SSSR count). The quantitative estimate of drug-likeness (QED) is 0.444. The number of nitrogens with two attached hydrogens (primary N) is 1. The van der Waals surface area contributed by atoms with Gasteiger partial charge in [-0.05, 0) is 25.5 Å². The van der Waals surface area contributed by atoms with Gasteiger partial charge in [0.15, 0.2) is 4.90 Å². The normalized spacial score (nSPS) is 10.9. The Balaban J connectivity index is 0.00000361. The van der Waals surface area contributed by atoms with Crippen molar-refractivity contribution in [3.05, 3.63) is 33.3 Å². The van der Waals surface area contributed by atoms with Crippen molar-refractivity contribution in [1.82, 2.24) is 4.72 Å². The first-order valence-electron chi connectivity index (χ1n) is 5.53. The molecule has 0 bridgehead atoms. The third-order valence-corrected chi connectivity index (χ3v) is 4.31. The van der Waals surface area contributed by atoms with E-state index < -0.39 is 25.5 Å². The van der Waals surface area contributed by atoms with Crippen molar-refractivity contribution in [3.8, 4) is 0 Å². The van der Waals surface area contributed by atoms with E-state index in [2.05, 4.69) is 4.72 Å². The number of rotatable bonds is 7. The molecule has 0 atom stereocenters. The Hall–Kier alpha value is -0.930. The molecule has 0 aliphatic heterocycles. The van der Waals surface area contributed by atoms with E-state index in [4.69, 9.17) is 17.3 Å². The molecule has 0 amide bonds. The van der Waals surface area contributed by atoms with Crippen molar-refractivity contribution < 1.29 is 13.3 Å². The second kappa shape index (κ2) is 8.38. The van der Waals surface area contributed by atoms with Gasteiger partial charge in [0, 0.05) is 12.6 Å². The van der Waals surface area contributed by atoms with E-state index in [9.17, 15) is 18.5 Å². The first-order chi connectivity index (χ1) is 8.90. The molecule has 0 saturated carbocycles. The smallest absolute Gasteiger partial charge is 0.290 e. The van der Waals surface area contributed by atoms with E-state index >= 15 is 0 Å². The van der Waals surface area contributed by atoms with Crippen LogP contribution in [0.15, 0.2) is 23.1 Å². The zero-order valence-corrected chi connectivity index (χ0v) is 12.8. The third kappa shape index (κ3) is 4.88. The van der Waals surface area contributed by atoms with Crippen molar-refractivity contribution in [2.24, 2.45) is 5.73 Å². The number of unbranched alkanes of at least 4 members (excludes halogenated alkanes) is 1. The lowest BCUT2D eigenvalue weighted by Crippen LogP contribution is -2.26. The van der Waals surface area contributed by atoms with Gasteiger partial charge in [-0.3, -0.25) is 10.1 Å². The summed E-state index contributed by atoms with van der Waals surface area (Å²) in [7, 11) is -4.01. The van der Waals surface area contributed by atoms with Crippen LogP contribution >= 0.6 is 24.0 Å². The van der Waals surface area contributed by atoms with Crippen molar-refractivity contribution in [2.45, 2.75) is 17.7 Å². The molecule has 0 aliphatic carbocycles. The lowest BCUT2D eigenvalue weighted by Gasteiger charge is -2.08. The van der Waals surface area contributed by atoms with Crippen LogP contribution in [0.25, 0.3) is 0 Å². The standard InChI is InChI=1S/C10H14ClN3O4S.ClH/c11-8-4-3-5-9(14(15)16)10(8)19(17,18)13-7-2-1-6-12;/h3-5,13H,1-2,6-7,12H2;1H. The lowest BCUT2D eigenvalue weighted by molar-refractivity contribution is -0.387. The fourth-order valence-corrected chi connectivity index (χ4v) is 3.23. The molecule has 0 aromatic heterocycles. The van der Waals surface area contributed by atoms with Crippen molar-refractivity contribution in [1.29, 1.82) is 0 Å². The summed E-state index contributed by atoms with van der Waals surface area (Å²) in [6.45, 7) is 0.607. The Labute approximate surface area is 128 Å². The van der Waals surface area contributed by atoms with Gasteiger partial charge in [0.25, 0.3) is 5.69 Å². The summed E-state index contributed by atoms with van der Waals surface area (Å²) < 4.78 is 26.3. The van der Waals surface area contributed by atoms with Crippen molar-refractivity contribution in [3.63, 3.8) is 0 Å². The molecule has 0 radical (unpaired) electrons.